The number of halogens is 3. The zero-order valence-electron chi connectivity index (χ0n) is 18.5. The first-order chi connectivity index (χ1) is 16.1. The fourth-order valence-electron chi connectivity index (χ4n) is 3.09. The van der Waals surface area contributed by atoms with E-state index in [2.05, 4.69) is 4.72 Å². The van der Waals surface area contributed by atoms with Crippen molar-refractivity contribution in [3.05, 3.63) is 77.4 Å². The molecule has 6 nitrogen and oxygen atoms in total. The van der Waals surface area contributed by atoms with Crippen LogP contribution in [0.5, 0.6) is 17.2 Å². The molecule has 34 heavy (non-hydrogen) atoms. The van der Waals surface area contributed by atoms with E-state index in [0.29, 0.717) is 17.2 Å². The van der Waals surface area contributed by atoms with Gasteiger partial charge in [-0.2, -0.15) is 13.2 Å². The molecule has 0 aliphatic carbocycles. The molecule has 0 atom stereocenters. The fourth-order valence-corrected chi connectivity index (χ4v) is 4.15. The van der Waals surface area contributed by atoms with Crippen LogP contribution in [0.25, 0.3) is 12.2 Å². The second kappa shape index (κ2) is 10.1. The van der Waals surface area contributed by atoms with Crippen LogP contribution in [0, 0.1) is 0 Å². The van der Waals surface area contributed by atoms with E-state index in [0.717, 1.165) is 35.4 Å². The molecule has 0 aliphatic heterocycles. The van der Waals surface area contributed by atoms with E-state index in [-0.39, 0.29) is 10.6 Å². The van der Waals surface area contributed by atoms with Crippen molar-refractivity contribution in [3.63, 3.8) is 0 Å². The largest absolute Gasteiger partial charge is 0.493 e. The van der Waals surface area contributed by atoms with Gasteiger partial charge in [0.25, 0.3) is 10.0 Å². The number of hydrogen-bond donors (Lipinski definition) is 1. The third-order valence-electron chi connectivity index (χ3n) is 4.81. The van der Waals surface area contributed by atoms with Gasteiger partial charge in [-0.15, -0.1) is 0 Å². The van der Waals surface area contributed by atoms with E-state index in [1.807, 2.05) is 12.2 Å². The Balaban J connectivity index is 1.75. The lowest BCUT2D eigenvalue weighted by Gasteiger charge is -2.12. The zero-order chi connectivity index (χ0) is 24.9. The molecule has 0 aromatic heterocycles. The Kier molecular flexibility index (Phi) is 7.41. The summed E-state index contributed by atoms with van der Waals surface area (Å²) in [6.07, 6.45) is -0.901. The number of rotatable bonds is 8. The summed E-state index contributed by atoms with van der Waals surface area (Å²) >= 11 is 0. The van der Waals surface area contributed by atoms with Crippen LogP contribution in [-0.4, -0.2) is 29.7 Å². The van der Waals surface area contributed by atoms with Crippen LogP contribution in [0.1, 0.15) is 16.7 Å². The number of methoxy groups -OCH3 is 3. The fraction of sp³-hybridized carbons (Fsp3) is 0.167. The van der Waals surface area contributed by atoms with E-state index in [4.69, 9.17) is 14.2 Å². The monoisotopic (exact) mass is 493 g/mol. The highest BCUT2D eigenvalue weighted by atomic mass is 32.2. The van der Waals surface area contributed by atoms with E-state index in [9.17, 15) is 21.6 Å². The minimum atomic E-state index is -4.54. The number of benzene rings is 3. The molecule has 0 unspecified atom stereocenters. The molecule has 0 heterocycles. The Bertz CT molecular complexity index is 1240. The number of hydrogen-bond acceptors (Lipinski definition) is 5. The lowest BCUT2D eigenvalue weighted by atomic mass is 10.1. The van der Waals surface area contributed by atoms with Gasteiger partial charge in [0.1, 0.15) is 0 Å². The quantitative estimate of drug-likeness (QED) is 0.408. The molecular weight excluding hydrogens is 471 g/mol. The SMILES string of the molecule is COc1cc(/C=C\c2ccc(NS(=O)(=O)c3ccc(C(F)(F)F)cc3)cc2)cc(OC)c1OC. The smallest absolute Gasteiger partial charge is 0.416 e. The summed E-state index contributed by atoms with van der Waals surface area (Å²) in [4.78, 5) is -0.271. The molecule has 0 saturated heterocycles. The van der Waals surface area contributed by atoms with Crippen LogP contribution < -0.4 is 18.9 Å². The highest BCUT2D eigenvalue weighted by Crippen LogP contribution is 2.38. The van der Waals surface area contributed by atoms with Gasteiger partial charge in [-0.25, -0.2) is 8.42 Å². The van der Waals surface area contributed by atoms with Crippen molar-refractivity contribution in [2.45, 2.75) is 11.1 Å². The maximum absolute atomic E-state index is 12.7. The summed E-state index contributed by atoms with van der Waals surface area (Å²) in [5.41, 5.74) is 0.923. The second-order valence-corrected chi connectivity index (χ2v) is 8.72. The van der Waals surface area contributed by atoms with Gasteiger partial charge in [0, 0.05) is 5.69 Å². The molecule has 0 radical (unpaired) electrons. The van der Waals surface area contributed by atoms with Crippen molar-refractivity contribution >= 4 is 27.9 Å². The average Bonchev–Trinajstić information content (AvgIpc) is 2.82. The maximum Gasteiger partial charge on any atom is 0.416 e. The first-order valence-corrected chi connectivity index (χ1v) is 11.3. The highest BCUT2D eigenvalue weighted by molar-refractivity contribution is 7.92. The van der Waals surface area contributed by atoms with Crippen molar-refractivity contribution in [1.82, 2.24) is 0 Å². The Hall–Kier alpha value is -3.66. The zero-order valence-corrected chi connectivity index (χ0v) is 19.3. The van der Waals surface area contributed by atoms with Crippen LogP contribution >= 0.6 is 0 Å². The molecule has 0 saturated carbocycles. The summed E-state index contributed by atoms with van der Waals surface area (Å²) in [6.45, 7) is 0. The Morgan fingerprint density at radius 2 is 1.29 bits per heavy atom. The Morgan fingerprint density at radius 3 is 1.76 bits per heavy atom. The molecule has 180 valence electrons. The maximum atomic E-state index is 12.7. The van der Waals surface area contributed by atoms with Gasteiger partial charge in [0.2, 0.25) is 5.75 Å². The van der Waals surface area contributed by atoms with Gasteiger partial charge < -0.3 is 14.2 Å². The van der Waals surface area contributed by atoms with Crippen LogP contribution in [0.2, 0.25) is 0 Å². The predicted octanol–water partition coefficient (Wildman–Crippen LogP) is 5.70. The highest BCUT2D eigenvalue weighted by Gasteiger charge is 2.30. The van der Waals surface area contributed by atoms with Gasteiger partial charge in [0.15, 0.2) is 11.5 Å². The van der Waals surface area contributed by atoms with E-state index >= 15 is 0 Å². The topological polar surface area (TPSA) is 73.9 Å². The van der Waals surface area contributed by atoms with Gasteiger partial charge in [0.05, 0.1) is 31.8 Å². The summed E-state index contributed by atoms with van der Waals surface area (Å²) in [7, 11) is 0.522. The number of sulfonamides is 1. The van der Waals surface area contributed by atoms with Crippen molar-refractivity contribution in [2.24, 2.45) is 0 Å². The van der Waals surface area contributed by atoms with Gasteiger partial charge >= 0.3 is 6.18 Å². The molecule has 0 bridgehead atoms. The molecule has 0 fully saturated rings. The normalized spacial score (nSPS) is 11.9. The molecular formula is C24H22F3NO5S. The Labute approximate surface area is 195 Å². The average molecular weight is 494 g/mol. The number of ether oxygens (including phenoxy) is 3. The van der Waals surface area contributed by atoms with Crippen molar-refractivity contribution < 1.29 is 35.8 Å². The van der Waals surface area contributed by atoms with Crippen LogP contribution in [0.15, 0.2) is 65.6 Å². The van der Waals surface area contributed by atoms with Gasteiger partial charge in [-0.1, -0.05) is 24.3 Å². The van der Waals surface area contributed by atoms with E-state index in [1.54, 1.807) is 36.4 Å². The molecule has 3 aromatic carbocycles. The third kappa shape index (κ3) is 5.82. The molecule has 0 amide bonds. The van der Waals surface area contributed by atoms with Crippen LogP contribution in [0.4, 0.5) is 18.9 Å². The van der Waals surface area contributed by atoms with Crippen LogP contribution in [0.3, 0.4) is 0 Å². The summed E-state index contributed by atoms with van der Waals surface area (Å²) in [6, 6.07) is 13.3. The standard InChI is InChI=1S/C24H22F3NO5S/c1-31-21-14-17(15-22(32-2)23(21)33-3)5-4-16-6-10-19(11-7-16)28-34(29,30)20-12-8-18(9-13-20)24(25,26)27/h4-15,28H,1-3H3/b5-4-. The Morgan fingerprint density at radius 1 is 0.765 bits per heavy atom. The predicted molar refractivity (Wildman–Crippen MR) is 124 cm³/mol. The van der Waals surface area contributed by atoms with Crippen molar-refractivity contribution in [2.75, 3.05) is 26.1 Å². The molecule has 0 aliphatic rings. The second-order valence-electron chi connectivity index (χ2n) is 7.04. The molecule has 3 aromatic rings. The number of nitrogens with one attached hydrogen (secondary N) is 1. The first kappa shape index (κ1) is 25.0. The van der Waals surface area contributed by atoms with Crippen molar-refractivity contribution in [3.8, 4) is 17.2 Å². The summed E-state index contributed by atoms with van der Waals surface area (Å²) < 4.78 is 81.4. The molecule has 10 heteroatoms. The third-order valence-corrected chi connectivity index (χ3v) is 6.21. The summed E-state index contributed by atoms with van der Waals surface area (Å²) in [5.74, 6) is 1.50. The van der Waals surface area contributed by atoms with Crippen molar-refractivity contribution in [1.29, 1.82) is 0 Å². The number of alkyl halides is 3. The van der Waals surface area contributed by atoms with Gasteiger partial charge in [-0.3, -0.25) is 4.72 Å². The van der Waals surface area contributed by atoms with Crippen LogP contribution in [-0.2, 0) is 16.2 Å². The lowest BCUT2D eigenvalue weighted by Crippen LogP contribution is -2.13. The molecule has 1 N–H and O–H groups in total. The molecule has 0 spiro atoms. The van der Waals surface area contributed by atoms with E-state index < -0.39 is 21.8 Å². The minimum absolute atomic E-state index is 0.268. The van der Waals surface area contributed by atoms with Gasteiger partial charge in [-0.05, 0) is 59.7 Å². The first-order valence-electron chi connectivity index (χ1n) is 9.85. The van der Waals surface area contributed by atoms with E-state index in [1.165, 1.54) is 21.3 Å². The lowest BCUT2D eigenvalue weighted by molar-refractivity contribution is -0.137. The number of anilines is 1. The summed E-state index contributed by atoms with van der Waals surface area (Å²) in [5, 5.41) is 0. The minimum Gasteiger partial charge on any atom is -0.493 e. The molecule has 3 rings (SSSR count).